The van der Waals surface area contributed by atoms with Crippen LogP contribution in [0.15, 0.2) is 12.7 Å². The highest BCUT2D eigenvalue weighted by Gasteiger charge is 2.44. The van der Waals surface area contributed by atoms with Crippen molar-refractivity contribution in [3.05, 3.63) is 12.7 Å². The Hall–Kier alpha value is -0.540. The number of ether oxygens (including phenoxy) is 2. The molecule has 0 aliphatic carbocycles. The van der Waals surface area contributed by atoms with Crippen molar-refractivity contribution in [2.75, 3.05) is 13.2 Å². The number of hydrogen-bond donors (Lipinski definition) is 5. The van der Waals surface area contributed by atoms with Gasteiger partial charge < -0.3 is 35.0 Å². The van der Waals surface area contributed by atoms with E-state index in [2.05, 4.69) is 6.58 Å². The molecule has 0 radical (unpaired) electrons. The predicted molar refractivity (Wildman–Crippen MR) is 55.9 cm³/mol. The minimum Gasteiger partial charge on any atom is -0.394 e. The molecule has 0 aromatic rings. The summed E-state index contributed by atoms with van der Waals surface area (Å²) in [5, 5.41) is 46.4. The first kappa shape index (κ1) is 14.5. The second-order valence-corrected chi connectivity index (χ2v) is 3.79. The van der Waals surface area contributed by atoms with Gasteiger partial charge in [-0.05, 0) is 0 Å². The van der Waals surface area contributed by atoms with Gasteiger partial charge in [0, 0.05) is 0 Å². The van der Waals surface area contributed by atoms with E-state index in [-0.39, 0.29) is 6.61 Å². The van der Waals surface area contributed by atoms with Gasteiger partial charge in [-0.15, -0.1) is 6.58 Å². The Morgan fingerprint density at radius 3 is 2.29 bits per heavy atom. The van der Waals surface area contributed by atoms with E-state index in [4.69, 9.17) is 19.7 Å². The van der Waals surface area contributed by atoms with E-state index in [0.717, 1.165) is 0 Å². The highest BCUT2D eigenvalue weighted by molar-refractivity contribution is 4.90. The summed E-state index contributed by atoms with van der Waals surface area (Å²) in [5.41, 5.74) is 0. The van der Waals surface area contributed by atoms with E-state index < -0.39 is 43.4 Å². The zero-order valence-corrected chi connectivity index (χ0v) is 9.22. The van der Waals surface area contributed by atoms with E-state index >= 15 is 0 Å². The van der Waals surface area contributed by atoms with E-state index in [1.165, 1.54) is 6.08 Å². The lowest BCUT2D eigenvalue weighted by atomic mass is 9.99. The van der Waals surface area contributed by atoms with Crippen LogP contribution in [0.2, 0.25) is 0 Å². The minimum atomic E-state index is -1.49. The molecule has 1 fully saturated rings. The number of aliphatic hydroxyl groups excluding tert-OH is 5. The lowest BCUT2D eigenvalue weighted by Gasteiger charge is -2.40. The molecule has 7 nitrogen and oxygen atoms in total. The molecule has 0 aromatic carbocycles. The first-order valence-electron chi connectivity index (χ1n) is 5.24. The molecule has 1 aliphatic heterocycles. The standard InChI is InChI=1S/C10H18O7/c1-2-5(3-11)16-10-9(15)8(14)7(13)6(4-12)17-10/h2,5-15H,1,3-4H2/t5?,6-,7-,8+,9-,10-/m1/s1. The van der Waals surface area contributed by atoms with Gasteiger partial charge in [0.05, 0.1) is 13.2 Å². The molecule has 6 atom stereocenters. The molecular weight excluding hydrogens is 232 g/mol. The summed E-state index contributed by atoms with van der Waals surface area (Å²) in [5.74, 6) is 0. The predicted octanol–water partition coefficient (Wildman–Crippen LogP) is -2.65. The van der Waals surface area contributed by atoms with Gasteiger partial charge in [0.25, 0.3) is 0 Å². The fourth-order valence-electron chi connectivity index (χ4n) is 1.53. The third kappa shape index (κ3) is 3.23. The first-order chi connectivity index (χ1) is 8.04. The van der Waals surface area contributed by atoms with E-state index in [0.29, 0.717) is 0 Å². The zero-order valence-electron chi connectivity index (χ0n) is 9.22. The summed E-state index contributed by atoms with van der Waals surface area (Å²) in [6, 6.07) is 0. The molecule has 0 bridgehead atoms. The van der Waals surface area contributed by atoms with Crippen molar-refractivity contribution in [3.63, 3.8) is 0 Å². The van der Waals surface area contributed by atoms with Gasteiger partial charge in [-0.2, -0.15) is 0 Å². The van der Waals surface area contributed by atoms with E-state index in [1.54, 1.807) is 0 Å². The van der Waals surface area contributed by atoms with Crippen molar-refractivity contribution in [2.45, 2.75) is 36.8 Å². The quantitative estimate of drug-likeness (QED) is 0.338. The van der Waals surface area contributed by atoms with Crippen molar-refractivity contribution < 1.29 is 35.0 Å². The maximum Gasteiger partial charge on any atom is 0.187 e. The van der Waals surface area contributed by atoms with Crippen LogP contribution in [-0.4, -0.2) is 75.6 Å². The highest BCUT2D eigenvalue weighted by Crippen LogP contribution is 2.22. The van der Waals surface area contributed by atoms with Crippen LogP contribution in [0.1, 0.15) is 0 Å². The van der Waals surface area contributed by atoms with Crippen molar-refractivity contribution in [1.82, 2.24) is 0 Å². The Balaban J connectivity index is 2.68. The van der Waals surface area contributed by atoms with Crippen LogP contribution in [0.4, 0.5) is 0 Å². The normalized spacial score (nSPS) is 39.9. The fraction of sp³-hybridized carbons (Fsp3) is 0.800. The molecule has 1 saturated heterocycles. The molecule has 1 heterocycles. The molecule has 1 unspecified atom stereocenters. The summed E-state index contributed by atoms with van der Waals surface area (Å²) < 4.78 is 10.2. The SMILES string of the molecule is C=CC(CO)O[C@@H]1O[C@H](CO)[C@@H](O)[C@H](O)[C@H]1O. The number of aliphatic hydroxyl groups is 5. The molecule has 0 spiro atoms. The number of rotatable bonds is 5. The van der Waals surface area contributed by atoms with Crippen LogP contribution in [0.25, 0.3) is 0 Å². The summed E-state index contributed by atoms with van der Waals surface area (Å²) in [6.07, 6.45) is -6.12. The topological polar surface area (TPSA) is 120 Å². The molecule has 5 N–H and O–H groups in total. The second-order valence-electron chi connectivity index (χ2n) is 3.79. The maximum atomic E-state index is 9.60. The van der Waals surface area contributed by atoms with E-state index in [9.17, 15) is 15.3 Å². The van der Waals surface area contributed by atoms with Gasteiger partial charge in [-0.25, -0.2) is 0 Å². The Morgan fingerprint density at radius 1 is 1.18 bits per heavy atom. The average molecular weight is 250 g/mol. The van der Waals surface area contributed by atoms with Crippen LogP contribution in [0.3, 0.4) is 0 Å². The van der Waals surface area contributed by atoms with E-state index in [1.807, 2.05) is 0 Å². The van der Waals surface area contributed by atoms with Gasteiger partial charge in [0.15, 0.2) is 6.29 Å². The Labute approximate surface area is 98.5 Å². The van der Waals surface area contributed by atoms with Gasteiger partial charge in [-0.1, -0.05) is 6.08 Å². The Bertz CT molecular complexity index is 245. The smallest absolute Gasteiger partial charge is 0.187 e. The first-order valence-corrected chi connectivity index (χ1v) is 5.24. The summed E-state index contributed by atoms with van der Waals surface area (Å²) in [7, 11) is 0. The lowest BCUT2D eigenvalue weighted by Crippen LogP contribution is -2.59. The van der Waals surface area contributed by atoms with Crippen molar-refractivity contribution in [3.8, 4) is 0 Å². The monoisotopic (exact) mass is 250 g/mol. The van der Waals surface area contributed by atoms with Crippen LogP contribution >= 0.6 is 0 Å². The Kier molecular flexibility index (Phi) is 5.47. The van der Waals surface area contributed by atoms with Crippen molar-refractivity contribution in [2.24, 2.45) is 0 Å². The molecule has 1 rings (SSSR count). The van der Waals surface area contributed by atoms with Crippen LogP contribution < -0.4 is 0 Å². The lowest BCUT2D eigenvalue weighted by molar-refractivity contribution is -0.309. The Morgan fingerprint density at radius 2 is 1.82 bits per heavy atom. The summed E-state index contributed by atoms with van der Waals surface area (Å²) in [4.78, 5) is 0. The van der Waals surface area contributed by atoms with Crippen molar-refractivity contribution in [1.29, 1.82) is 0 Å². The maximum absolute atomic E-state index is 9.60. The second kappa shape index (κ2) is 6.41. The molecule has 0 saturated carbocycles. The molecule has 7 heteroatoms. The third-order valence-corrected chi connectivity index (χ3v) is 2.60. The molecule has 17 heavy (non-hydrogen) atoms. The van der Waals surface area contributed by atoms with Gasteiger partial charge >= 0.3 is 0 Å². The highest BCUT2D eigenvalue weighted by atomic mass is 16.7. The zero-order chi connectivity index (χ0) is 13.0. The molecular formula is C10H18O7. The van der Waals surface area contributed by atoms with Gasteiger partial charge in [0.2, 0.25) is 0 Å². The summed E-state index contributed by atoms with van der Waals surface area (Å²) in [6.45, 7) is 2.52. The molecule has 0 aromatic heterocycles. The number of hydrogen-bond acceptors (Lipinski definition) is 7. The van der Waals surface area contributed by atoms with Crippen LogP contribution in [0, 0.1) is 0 Å². The summed E-state index contributed by atoms with van der Waals surface area (Å²) >= 11 is 0. The van der Waals surface area contributed by atoms with Crippen molar-refractivity contribution >= 4 is 0 Å². The van der Waals surface area contributed by atoms with Gasteiger partial charge in [-0.3, -0.25) is 0 Å². The van der Waals surface area contributed by atoms with Crippen LogP contribution in [-0.2, 0) is 9.47 Å². The third-order valence-electron chi connectivity index (χ3n) is 2.60. The molecule has 0 amide bonds. The fourth-order valence-corrected chi connectivity index (χ4v) is 1.53. The van der Waals surface area contributed by atoms with Gasteiger partial charge in [0.1, 0.15) is 30.5 Å². The average Bonchev–Trinajstić information content (AvgIpc) is 2.35. The molecule has 1 aliphatic rings. The minimum absolute atomic E-state index is 0.363. The largest absolute Gasteiger partial charge is 0.394 e. The van der Waals surface area contributed by atoms with Crippen LogP contribution in [0.5, 0.6) is 0 Å². The molecule has 100 valence electrons.